The number of aromatic nitrogens is 1. The lowest BCUT2D eigenvalue weighted by molar-refractivity contribution is 0.327. The number of hydrogen-bond acceptors (Lipinski definition) is 3. The second-order valence-corrected chi connectivity index (χ2v) is 8.17. The molecule has 1 aromatic heterocycles. The van der Waals surface area contributed by atoms with Crippen molar-refractivity contribution in [2.45, 2.75) is 64.8 Å². The van der Waals surface area contributed by atoms with E-state index in [9.17, 15) is 0 Å². The molecule has 0 amide bonds. The Kier molecular flexibility index (Phi) is 2.83. The number of fused-ring (bicyclic) bond motifs is 1. The summed E-state index contributed by atoms with van der Waals surface area (Å²) in [5, 5.41) is 1.22. The predicted octanol–water partition coefficient (Wildman–Crippen LogP) is 3.63. The molecule has 2 N–H and O–H groups in total. The molecule has 1 saturated carbocycles. The van der Waals surface area contributed by atoms with Crippen molar-refractivity contribution in [3.63, 3.8) is 0 Å². The van der Waals surface area contributed by atoms with Crippen molar-refractivity contribution in [3.8, 4) is 0 Å². The highest BCUT2D eigenvalue weighted by Crippen LogP contribution is 2.52. The van der Waals surface area contributed by atoms with Gasteiger partial charge in [0.2, 0.25) is 0 Å². The Bertz CT molecular complexity index is 440. The van der Waals surface area contributed by atoms with Crippen LogP contribution in [0.5, 0.6) is 0 Å². The molecule has 0 radical (unpaired) electrons. The zero-order chi connectivity index (χ0) is 13.0. The molecule has 2 aliphatic rings. The Labute approximate surface area is 114 Å². The van der Waals surface area contributed by atoms with Crippen LogP contribution in [-0.2, 0) is 18.4 Å². The molecule has 100 valence electrons. The van der Waals surface area contributed by atoms with Crippen molar-refractivity contribution >= 4 is 11.3 Å². The predicted molar refractivity (Wildman–Crippen MR) is 76.8 cm³/mol. The maximum absolute atomic E-state index is 6.76. The van der Waals surface area contributed by atoms with Crippen LogP contribution < -0.4 is 5.73 Å². The summed E-state index contributed by atoms with van der Waals surface area (Å²) in [6.07, 6.45) is 7.31. The van der Waals surface area contributed by atoms with E-state index in [1.54, 1.807) is 0 Å². The lowest BCUT2D eigenvalue weighted by atomic mass is 9.88. The van der Waals surface area contributed by atoms with E-state index in [1.807, 2.05) is 11.3 Å². The molecule has 0 bridgehead atoms. The summed E-state index contributed by atoms with van der Waals surface area (Å²) in [7, 11) is 0. The van der Waals surface area contributed by atoms with E-state index in [4.69, 9.17) is 10.7 Å². The van der Waals surface area contributed by atoms with Gasteiger partial charge in [-0.1, -0.05) is 20.8 Å². The summed E-state index contributed by atoms with van der Waals surface area (Å²) >= 11 is 1.90. The number of aryl methyl sites for hydroxylation is 2. The third-order valence-electron chi connectivity index (χ3n) is 4.75. The Hall–Kier alpha value is -0.410. The van der Waals surface area contributed by atoms with E-state index in [0.717, 1.165) is 6.42 Å². The second-order valence-electron chi connectivity index (χ2n) is 7.08. The first-order valence-electron chi connectivity index (χ1n) is 7.19. The quantitative estimate of drug-likeness (QED) is 0.841. The van der Waals surface area contributed by atoms with Gasteiger partial charge in [-0.15, -0.1) is 11.3 Å². The zero-order valence-corrected chi connectivity index (χ0v) is 12.6. The van der Waals surface area contributed by atoms with Crippen LogP contribution in [0.2, 0.25) is 0 Å². The smallest absolute Gasteiger partial charge is 0.113 e. The highest BCUT2D eigenvalue weighted by Gasteiger charge is 2.49. The molecular formula is C15H24N2S. The van der Waals surface area contributed by atoms with E-state index in [0.29, 0.717) is 11.3 Å². The van der Waals surface area contributed by atoms with Crippen LogP contribution in [0.1, 0.15) is 62.0 Å². The van der Waals surface area contributed by atoms with Gasteiger partial charge in [-0.2, -0.15) is 0 Å². The van der Waals surface area contributed by atoms with Crippen LogP contribution in [0.4, 0.5) is 0 Å². The molecule has 2 nitrogen and oxygen atoms in total. The number of hydrogen-bond donors (Lipinski definition) is 1. The third-order valence-corrected chi connectivity index (χ3v) is 6.10. The maximum atomic E-state index is 6.76. The fraction of sp³-hybridized carbons (Fsp3) is 0.800. The Balaban J connectivity index is 1.96. The number of nitrogens with zero attached hydrogens (tertiary/aromatic N) is 1. The topological polar surface area (TPSA) is 38.9 Å². The minimum atomic E-state index is -0.175. The van der Waals surface area contributed by atoms with E-state index in [1.165, 1.54) is 47.7 Å². The summed E-state index contributed by atoms with van der Waals surface area (Å²) in [5.74, 6) is 0.542. The highest BCUT2D eigenvalue weighted by molar-refractivity contribution is 7.11. The molecule has 1 heterocycles. The van der Waals surface area contributed by atoms with Crippen molar-refractivity contribution in [1.29, 1.82) is 0 Å². The van der Waals surface area contributed by atoms with Crippen LogP contribution in [0.25, 0.3) is 0 Å². The largest absolute Gasteiger partial charge is 0.319 e. The normalized spacial score (nSPS) is 34.6. The Morgan fingerprint density at radius 2 is 2.00 bits per heavy atom. The van der Waals surface area contributed by atoms with E-state index >= 15 is 0 Å². The number of nitrogens with two attached hydrogens (primary N) is 1. The molecule has 2 aliphatic carbocycles. The minimum absolute atomic E-state index is 0.175. The van der Waals surface area contributed by atoms with Crippen LogP contribution in [0, 0.1) is 11.3 Å². The summed E-state index contributed by atoms with van der Waals surface area (Å²) < 4.78 is 0. The maximum Gasteiger partial charge on any atom is 0.113 e. The van der Waals surface area contributed by atoms with Crippen molar-refractivity contribution < 1.29 is 0 Å². The van der Waals surface area contributed by atoms with Crippen LogP contribution in [-0.4, -0.2) is 4.98 Å². The van der Waals surface area contributed by atoms with E-state index < -0.39 is 0 Å². The van der Waals surface area contributed by atoms with Gasteiger partial charge in [0.1, 0.15) is 5.01 Å². The summed E-state index contributed by atoms with van der Waals surface area (Å²) in [6, 6.07) is 0. The molecule has 1 aromatic rings. The van der Waals surface area contributed by atoms with Crippen LogP contribution in [0.15, 0.2) is 0 Å². The van der Waals surface area contributed by atoms with Crippen molar-refractivity contribution in [1.82, 2.24) is 4.98 Å². The molecule has 0 aromatic carbocycles. The molecule has 2 unspecified atom stereocenters. The molecule has 0 spiro atoms. The standard InChI is InChI=1S/C15H24N2S/c1-10-8-14(2,3)9-15(10,16)13-17-11-6-4-5-7-12(11)18-13/h10H,4-9,16H2,1-3H3. The zero-order valence-electron chi connectivity index (χ0n) is 11.8. The van der Waals surface area contributed by atoms with Gasteiger partial charge >= 0.3 is 0 Å². The minimum Gasteiger partial charge on any atom is -0.319 e. The first-order valence-corrected chi connectivity index (χ1v) is 8.00. The second kappa shape index (κ2) is 4.04. The first kappa shape index (κ1) is 12.6. The molecule has 18 heavy (non-hydrogen) atoms. The molecule has 3 heteroatoms. The fourth-order valence-corrected chi connectivity index (χ4v) is 5.25. The monoisotopic (exact) mass is 264 g/mol. The van der Waals surface area contributed by atoms with Gasteiger partial charge < -0.3 is 5.73 Å². The van der Waals surface area contributed by atoms with Gasteiger partial charge in [-0.25, -0.2) is 4.98 Å². The summed E-state index contributed by atoms with van der Waals surface area (Å²) in [4.78, 5) is 6.43. The van der Waals surface area contributed by atoms with Gasteiger partial charge in [-0.3, -0.25) is 0 Å². The lowest BCUT2D eigenvalue weighted by Crippen LogP contribution is -2.39. The van der Waals surface area contributed by atoms with E-state index in [2.05, 4.69) is 20.8 Å². The van der Waals surface area contributed by atoms with E-state index in [-0.39, 0.29) is 5.54 Å². The third kappa shape index (κ3) is 1.92. The molecule has 0 aliphatic heterocycles. The van der Waals surface area contributed by atoms with Gasteiger partial charge in [0.25, 0.3) is 0 Å². The average molecular weight is 264 g/mol. The van der Waals surface area contributed by atoms with Crippen molar-refractivity contribution in [2.24, 2.45) is 17.1 Å². The molecule has 0 saturated heterocycles. The fourth-order valence-electron chi connectivity index (χ4n) is 3.89. The SMILES string of the molecule is CC1CC(C)(C)CC1(N)c1nc2c(s1)CCCC2. The Morgan fingerprint density at radius 3 is 2.61 bits per heavy atom. The molecule has 2 atom stereocenters. The summed E-state index contributed by atoms with van der Waals surface area (Å²) in [5.41, 5.74) is 8.30. The highest BCUT2D eigenvalue weighted by atomic mass is 32.1. The van der Waals surface area contributed by atoms with Crippen LogP contribution in [0.3, 0.4) is 0 Å². The number of rotatable bonds is 1. The van der Waals surface area contributed by atoms with Gasteiger partial charge in [0.15, 0.2) is 0 Å². The average Bonchev–Trinajstić information content (AvgIpc) is 2.78. The van der Waals surface area contributed by atoms with Gasteiger partial charge in [-0.05, 0) is 49.9 Å². The van der Waals surface area contributed by atoms with Gasteiger partial charge in [0, 0.05) is 4.88 Å². The lowest BCUT2D eigenvalue weighted by Gasteiger charge is -2.27. The molecular weight excluding hydrogens is 240 g/mol. The van der Waals surface area contributed by atoms with Gasteiger partial charge in [0.05, 0.1) is 11.2 Å². The molecule has 3 rings (SSSR count). The Morgan fingerprint density at radius 1 is 1.28 bits per heavy atom. The van der Waals surface area contributed by atoms with Crippen LogP contribution >= 0.6 is 11.3 Å². The summed E-state index contributed by atoms with van der Waals surface area (Å²) in [6.45, 7) is 6.98. The first-order chi connectivity index (χ1) is 8.41. The molecule has 1 fully saturated rings. The van der Waals surface area contributed by atoms with Crippen molar-refractivity contribution in [2.75, 3.05) is 0 Å². The number of thiazole rings is 1. The van der Waals surface area contributed by atoms with Crippen molar-refractivity contribution in [3.05, 3.63) is 15.6 Å².